The van der Waals surface area contributed by atoms with Crippen molar-refractivity contribution in [2.24, 2.45) is 0 Å². The van der Waals surface area contributed by atoms with E-state index in [4.69, 9.17) is 0 Å². The standard InChI is InChI=1S/C9H10IN/c10-8-3-1-2-7(6-8)9-4-5-11-9/h1-3,6,9,11H,4-5H2/t9-/m0/s1. The normalized spacial score (nSPS) is 22.8. The van der Waals surface area contributed by atoms with Crippen LogP contribution in [0.3, 0.4) is 0 Å². The molecule has 0 unspecified atom stereocenters. The van der Waals surface area contributed by atoms with Crippen molar-refractivity contribution < 1.29 is 0 Å². The van der Waals surface area contributed by atoms with Gasteiger partial charge in [0.2, 0.25) is 0 Å². The van der Waals surface area contributed by atoms with Crippen molar-refractivity contribution in [3.63, 3.8) is 0 Å². The van der Waals surface area contributed by atoms with Crippen LogP contribution in [0.15, 0.2) is 24.3 Å². The fourth-order valence-electron chi connectivity index (χ4n) is 1.30. The van der Waals surface area contributed by atoms with Gasteiger partial charge in [0.1, 0.15) is 0 Å². The van der Waals surface area contributed by atoms with E-state index in [0.717, 1.165) is 0 Å². The van der Waals surface area contributed by atoms with E-state index in [1.54, 1.807) is 0 Å². The molecule has 1 aromatic carbocycles. The van der Waals surface area contributed by atoms with E-state index in [1.165, 1.54) is 22.1 Å². The molecule has 0 saturated carbocycles. The molecular formula is C9H10IN. The lowest BCUT2D eigenvalue weighted by Crippen LogP contribution is -2.34. The van der Waals surface area contributed by atoms with Crippen LogP contribution in [-0.2, 0) is 0 Å². The molecule has 1 fully saturated rings. The maximum Gasteiger partial charge on any atom is 0.0332 e. The monoisotopic (exact) mass is 259 g/mol. The maximum absolute atomic E-state index is 3.39. The fourth-order valence-corrected chi connectivity index (χ4v) is 1.86. The highest BCUT2D eigenvalue weighted by Gasteiger charge is 2.17. The molecule has 1 nitrogen and oxygen atoms in total. The first-order valence-corrected chi connectivity index (χ1v) is 4.93. The summed E-state index contributed by atoms with van der Waals surface area (Å²) in [5.74, 6) is 0. The molecule has 1 aliphatic heterocycles. The van der Waals surface area contributed by atoms with Gasteiger partial charge < -0.3 is 5.32 Å². The molecule has 2 rings (SSSR count). The lowest BCUT2D eigenvalue weighted by atomic mass is 9.98. The number of halogens is 1. The summed E-state index contributed by atoms with van der Waals surface area (Å²) in [7, 11) is 0. The van der Waals surface area contributed by atoms with E-state index in [-0.39, 0.29) is 0 Å². The van der Waals surface area contributed by atoms with Gasteiger partial charge in [0, 0.05) is 9.61 Å². The molecule has 0 aliphatic carbocycles. The smallest absolute Gasteiger partial charge is 0.0332 e. The summed E-state index contributed by atoms with van der Waals surface area (Å²) >= 11 is 2.35. The minimum atomic E-state index is 0.629. The Balaban J connectivity index is 2.23. The maximum atomic E-state index is 3.39. The molecule has 0 aromatic heterocycles. The third-order valence-corrected chi connectivity index (χ3v) is 2.75. The lowest BCUT2D eigenvalue weighted by Gasteiger charge is -2.28. The Kier molecular flexibility index (Phi) is 2.13. The molecule has 1 aromatic rings. The van der Waals surface area contributed by atoms with Gasteiger partial charge in [-0.1, -0.05) is 12.1 Å². The van der Waals surface area contributed by atoms with Crippen molar-refractivity contribution in [1.29, 1.82) is 0 Å². The Morgan fingerprint density at radius 1 is 1.45 bits per heavy atom. The van der Waals surface area contributed by atoms with Crippen molar-refractivity contribution in [2.75, 3.05) is 6.54 Å². The Morgan fingerprint density at radius 2 is 2.27 bits per heavy atom. The van der Waals surface area contributed by atoms with Crippen molar-refractivity contribution >= 4 is 22.6 Å². The van der Waals surface area contributed by atoms with Gasteiger partial charge in [0.15, 0.2) is 0 Å². The number of nitrogens with one attached hydrogen (secondary N) is 1. The van der Waals surface area contributed by atoms with E-state index in [1.807, 2.05) is 0 Å². The second-order valence-electron chi connectivity index (χ2n) is 2.85. The molecule has 2 heteroatoms. The van der Waals surface area contributed by atoms with Crippen molar-refractivity contribution in [3.8, 4) is 0 Å². The molecule has 1 saturated heterocycles. The van der Waals surface area contributed by atoms with Gasteiger partial charge in [0.25, 0.3) is 0 Å². The summed E-state index contributed by atoms with van der Waals surface area (Å²) in [5, 5.41) is 3.39. The van der Waals surface area contributed by atoms with Crippen LogP contribution in [0, 0.1) is 3.57 Å². The summed E-state index contributed by atoms with van der Waals surface area (Å²) in [6.07, 6.45) is 1.29. The second kappa shape index (κ2) is 3.11. The highest BCUT2D eigenvalue weighted by Crippen LogP contribution is 2.23. The van der Waals surface area contributed by atoms with Gasteiger partial charge in [-0.05, 0) is 53.3 Å². The molecular weight excluding hydrogens is 249 g/mol. The second-order valence-corrected chi connectivity index (χ2v) is 4.10. The van der Waals surface area contributed by atoms with E-state index in [0.29, 0.717) is 6.04 Å². The third kappa shape index (κ3) is 1.56. The number of hydrogen-bond donors (Lipinski definition) is 1. The van der Waals surface area contributed by atoms with Gasteiger partial charge in [-0.15, -0.1) is 0 Å². The van der Waals surface area contributed by atoms with Gasteiger partial charge in [-0.2, -0.15) is 0 Å². The van der Waals surface area contributed by atoms with E-state index in [9.17, 15) is 0 Å². The molecule has 1 heterocycles. The number of rotatable bonds is 1. The summed E-state index contributed by atoms with van der Waals surface area (Å²) in [6, 6.07) is 9.32. The molecule has 0 amide bonds. The first-order chi connectivity index (χ1) is 5.36. The Bertz CT molecular complexity index is 255. The topological polar surface area (TPSA) is 12.0 Å². The van der Waals surface area contributed by atoms with Gasteiger partial charge in [-0.3, -0.25) is 0 Å². The minimum absolute atomic E-state index is 0.629. The SMILES string of the molecule is Ic1cccc([C@@H]2CCN2)c1. The summed E-state index contributed by atoms with van der Waals surface area (Å²) < 4.78 is 1.33. The fraction of sp³-hybridized carbons (Fsp3) is 0.333. The van der Waals surface area contributed by atoms with E-state index in [2.05, 4.69) is 52.2 Å². The summed E-state index contributed by atoms with van der Waals surface area (Å²) in [4.78, 5) is 0. The summed E-state index contributed by atoms with van der Waals surface area (Å²) in [6.45, 7) is 1.18. The van der Waals surface area contributed by atoms with Gasteiger partial charge >= 0.3 is 0 Å². The molecule has 0 spiro atoms. The van der Waals surface area contributed by atoms with Crippen LogP contribution in [0.2, 0.25) is 0 Å². The number of benzene rings is 1. The molecule has 11 heavy (non-hydrogen) atoms. The molecule has 1 aliphatic rings. The molecule has 0 bridgehead atoms. The highest BCUT2D eigenvalue weighted by atomic mass is 127. The zero-order valence-electron chi connectivity index (χ0n) is 6.18. The highest BCUT2D eigenvalue weighted by molar-refractivity contribution is 14.1. The average molecular weight is 259 g/mol. The molecule has 1 atom stereocenters. The van der Waals surface area contributed by atoms with Crippen molar-refractivity contribution in [3.05, 3.63) is 33.4 Å². The Labute approximate surface area is 80.3 Å². The first kappa shape index (κ1) is 7.55. The largest absolute Gasteiger partial charge is 0.310 e. The van der Waals surface area contributed by atoms with Crippen LogP contribution >= 0.6 is 22.6 Å². The van der Waals surface area contributed by atoms with Crippen LogP contribution in [0.4, 0.5) is 0 Å². The quantitative estimate of drug-likeness (QED) is 0.763. The minimum Gasteiger partial charge on any atom is -0.310 e. The zero-order valence-corrected chi connectivity index (χ0v) is 8.34. The predicted molar refractivity (Wildman–Crippen MR) is 54.5 cm³/mol. The van der Waals surface area contributed by atoms with E-state index < -0.39 is 0 Å². The van der Waals surface area contributed by atoms with Crippen LogP contribution in [0.5, 0.6) is 0 Å². The van der Waals surface area contributed by atoms with E-state index >= 15 is 0 Å². The first-order valence-electron chi connectivity index (χ1n) is 3.85. The van der Waals surface area contributed by atoms with Gasteiger partial charge in [0.05, 0.1) is 0 Å². The molecule has 0 radical (unpaired) electrons. The predicted octanol–water partition coefficient (Wildman–Crippen LogP) is 2.33. The van der Waals surface area contributed by atoms with Crippen LogP contribution in [0.1, 0.15) is 18.0 Å². The average Bonchev–Trinajstić information content (AvgIpc) is 1.83. The van der Waals surface area contributed by atoms with Gasteiger partial charge in [-0.25, -0.2) is 0 Å². The van der Waals surface area contributed by atoms with Crippen molar-refractivity contribution in [1.82, 2.24) is 5.32 Å². The molecule has 58 valence electrons. The number of hydrogen-bond acceptors (Lipinski definition) is 1. The summed E-state index contributed by atoms with van der Waals surface area (Å²) in [5.41, 5.74) is 1.43. The van der Waals surface area contributed by atoms with Crippen LogP contribution in [-0.4, -0.2) is 6.54 Å². The Morgan fingerprint density at radius 3 is 2.82 bits per heavy atom. The Hall–Kier alpha value is -0.0900. The van der Waals surface area contributed by atoms with Crippen molar-refractivity contribution in [2.45, 2.75) is 12.5 Å². The third-order valence-electron chi connectivity index (χ3n) is 2.07. The van der Waals surface area contributed by atoms with Crippen LogP contribution < -0.4 is 5.32 Å². The lowest BCUT2D eigenvalue weighted by molar-refractivity contribution is 0.383. The molecule has 1 N–H and O–H groups in total. The van der Waals surface area contributed by atoms with Crippen LogP contribution in [0.25, 0.3) is 0 Å². The zero-order chi connectivity index (χ0) is 7.68.